The molecule has 0 N–H and O–H groups in total. The number of methoxy groups -OCH3 is 1. The molecule has 1 aromatic carbocycles. The summed E-state index contributed by atoms with van der Waals surface area (Å²) in [6, 6.07) is 5.58. The van der Waals surface area contributed by atoms with Gasteiger partial charge in [-0.1, -0.05) is 15.9 Å². The van der Waals surface area contributed by atoms with Crippen LogP contribution in [-0.2, 0) is 16.0 Å². The number of hydrogen-bond acceptors (Lipinski definition) is 3. The number of esters is 1. The Labute approximate surface area is 104 Å². The molecule has 0 radical (unpaired) electrons. The van der Waals surface area contributed by atoms with Gasteiger partial charge in [-0.05, 0) is 33.6 Å². The van der Waals surface area contributed by atoms with E-state index in [0.29, 0.717) is 15.6 Å². The van der Waals surface area contributed by atoms with Crippen LogP contribution < -0.4 is 0 Å². The molecule has 15 heavy (non-hydrogen) atoms. The van der Waals surface area contributed by atoms with Gasteiger partial charge in [-0.2, -0.15) is 5.26 Å². The fourth-order valence-corrected chi connectivity index (χ4v) is 2.03. The summed E-state index contributed by atoms with van der Waals surface area (Å²) >= 11 is 6.56. The van der Waals surface area contributed by atoms with Crippen LogP contribution >= 0.6 is 31.9 Å². The first kappa shape index (κ1) is 12.2. The topological polar surface area (TPSA) is 50.1 Å². The third kappa shape index (κ3) is 2.80. The molecule has 0 heterocycles. The van der Waals surface area contributed by atoms with Crippen LogP contribution in [0, 0.1) is 11.3 Å². The van der Waals surface area contributed by atoms with Crippen molar-refractivity contribution in [3.05, 3.63) is 32.2 Å². The monoisotopic (exact) mass is 331 g/mol. The van der Waals surface area contributed by atoms with Crippen molar-refractivity contribution in [2.45, 2.75) is 6.42 Å². The molecule has 0 fully saturated rings. The highest BCUT2D eigenvalue weighted by molar-refractivity contribution is 9.11. The molecule has 0 atom stereocenters. The Bertz CT molecular complexity index is 438. The molecule has 0 aliphatic heterocycles. The van der Waals surface area contributed by atoms with Crippen LogP contribution in [0.15, 0.2) is 21.1 Å². The van der Waals surface area contributed by atoms with Gasteiger partial charge in [-0.15, -0.1) is 0 Å². The lowest BCUT2D eigenvalue weighted by Crippen LogP contribution is -2.07. The van der Waals surface area contributed by atoms with E-state index in [-0.39, 0.29) is 12.4 Å². The summed E-state index contributed by atoms with van der Waals surface area (Å²) in [5, 5.41) is 8.96. The highest BCUT2D eigenvalue weighted by Gasteiger charge is 2.14. The normalized spacial score (nSPS) is 9.47. The average Bonchev–Trinajstić information content (AvgIpc) is 2.23. The molecule has 0 aliphatic rings. The van der Waals surface area contributed by atoms with Gasteiger partial charge < -0.3 is 4.74 Å². The molecule has 0 saturated carbocycles. The molecule has 3 nitrogen and oxygen atoms in total. The van der Waals surface area contributed by atoms with E-state index in [9.17, 15) is 4.79 Å². The molecule has 0 amide bonds. The van der Waals surface area contributed by atoms with Crippen molar-refractivity contribution in [3.63, 3.8) is 0 Å². The predicted molar refractivity (Wildman–Crippen MR) is 62.3 cm³/mol. The Morgan fingerprint density at radius 2 is 2.07 bits per heavy atom. The van der Waals surface area contributed by atoms with Crippen molar-refractivity contribution < 1.29 is 9.53 Å². The number of nitrogens with zero attached hydrogens (tertiary/aromatic N) is 1. The van der Waals surface area contributed by atoms with Gasteiger partial charge in [0.15, 0.2) is 0 Å². The largest absolute Gasteiger partial charge is 0.469 e. The van der Waals surface area contributed by atoms with Crippen LogP contribution in [0.4, 0.5) is 0 Å². The van der Waals surface area contributed by atoms with Gasteiger partial charge >= 0.3 is 5.97 Å². The van der Waals surface area contributed by atoms with Crippen LogP contribution in [0.3, 0.4) is 0 Å². The molecule has 0 aromatic heterocycles. The van der Waals surface area contributed by atoms with Gasteiger partial charge in [0, 0.05) is 8.95 Å². The number of benzene rings is 1. The lowest BCUT2D eigenvalue weighted by molar-refractivity contribution is -0.139. The van der Waals surface area contributed by atoms with Crippen LogP contribution in [-0.4, -0.2) is 13.1 Å². The highest BCUT2D eigenvalue weighted by atomic mass is 79.9. The van der Waals surface area contributed by atoms with Gasteiger partial charge in [0.1, 0.15) is 6.07 Å². The zero-order valence-electron chi connectivity index (χ0n) is 7.88. The molecule has 1 aromatic rings. The number of halogens is 2. The minimum absolute atomic E-state index is 0.0828. The summed E-state index contributed by atoms with van der Waals surface area (Å²) in [5.41, 5.74) is 1.09. The molecule has 78 valence electrons. The van der Waals surface area contributed by atoms with E-state index in [1.54, 1.807) is 12.1 Å². The zero-order chi connectivity index (χ0) is 11.4. The summed E-state index contributed by atoms with van der Waals surface area (Å²) in [4.78, 5) is 11.1. The Kier molecular flexibility index (Phi) is 4.30. The Morgan fingerprint density at radius 3 is 2.60 bits per heavy atom. The SMILES string of the molecule is COC(=O)Cc1c(Br)ccc(Br)c1C#N. The number of rotatable bonds is 2. The van der Waals surface area contributed by atoms with E-state index in [1.807, 2.05) is 6.07 Å². The summed E-state index contributed by atoms with van der Waals surface area (Å²) in [6.45, 7) is 0. The van der Waals surface area contributed by atoms with Crippen molar-refractivity contribution in [3.8, 4) is 6.07 Å². The van der Waals surface area contributed by atoms with Crippen molar-refractivity contribution in [2.75, 3.05) is 7.11 Å². The Morgan fingerprint density at radius 1 is 1.47 bits per heavy atom. The van der Waals surface area contributed by atoms with Gasteiger partial charge in [0.05, 0.1) is 19.1 Å². The molecule has 0 spiro atoms. The van der Waals surface area contributed by atoms with E-state index in [2.05, 4.69) is 36.6 Å². The molecule has 0 aliphatic carbocycles. The number of nitriles is 1. The minimum Gasteiger partial charge on any atom is -0.469 e. The summed E-state index contributed by atoms with van der Waals surface area (Å²) in [7, 11) is 1.32. The Balaban J connectivity index is 3.21. The van der Waals surface area contributed by atoms with Gasteiger partial charge in [-0.3, -0.25) is 4.79 Å². The first-order valence-electron chi connectivity index (χ1n) is 4.04. The molecular formula is C10H7Br2NO2. The third-order valence-corrected chi connectivity index (χ3v) is 3.27. The molecule has 0 bridgehead atoms. The lowest BCUT2D eigenvalue weighted by Gasteiger charge is -2.07. The first-order chi connectivity index (χ1) is 7.10. The second kappa shape index (κ2) is 5.29. The predicted octanol–water partition coefficient (Wildman–Crippen LogP) is 2.80. The van der Waals surface area contributed by atoms with Crippen LogP contribution in [0.2, 0.25) is 0 Å². The third-order valence-electron chi connectivity index (χ3n) is 1.87. The smallest absolute Gasteiger partial charge is 0.310 e. The molecule has 1 rings (SSSR count). The number of carbonyl (C=O) groups excluding carboxylic acids is 1. The molecular weight excluding hydrogens is 326 g/mol. The Hall–Kier alpha value is -0.860. The van der Waals surface area contributed by atoms with Crippen molar-refractivity contribution >= 4 is 37.8 Å². The fourth-order valence-electron chi connectivity index (χ4n) is 1.10. The van der Waals surface area contributed by atoms with Crippen molar-refractivity contribution in [2.24, 2.45) is 0 Å². The quantitative estimate of drug-likeness (QED) is 0.782. The van der Waals surface area contributed by atoms with Gasteiger partial charge in [0.25, 0.3) is 0 Å². The molecule has 0 unspecified atom stereocenters. The highest BCUT2D eigenvalue weighted by Crippen LogP contribution is 2.27. The van der Waals surface area contributed by atoms with Crippen LogP contribution in [0.1, 0.15) is 11.1 Å². The lowest BCUT2D eigenvalue weighted by atomic mass is 10.1. The molecule has 5 heteroatoms. The maximum Gasteiger partial charge on any atom is 0.310 e. The maximum absolute atomic E-state index is 11.1. The summed E-state index contributed by atoms with van der Waals surface area (Å²) in [6.07, 6.45) is 0.0828. The first-order valence-corrected chi connectivity index (χ1v) is 5.62. The summed E-state index contributed by atoms with van der Waals surface area (Å²) < 4.78 is 5.97. The van der Waals surface area contributed by atoms with E-state index >= 15 is 0 Å². The van der Waals surface area contributed by atoms with E-state index in [1.165, 1.54) is 7.11 Å². The van der Waals surface area contributed by atoms with Crippen molar-refractivity contribution in [1.29, 1.82) is 5.26 Å². The fraction of sp³-hybridized carbons (Fsp3) is 0.200. The van der Waals surface area contributed by atoms with Gasteiger partial charge in [0.2, 0.25) is 0 Å². The number of carbonyl (C=O) groups is 1. The number of ether oxygens (including phenoxy) is 1. The van der Waals surface area contributed by atoms with Crippen LogP contribution in [0.25, 0.3) is 0 Å². The van der Waals surface area contributed by atoms with Crippen molar-refractivity contribution in [1.82, 2.24) is 0 Å². The van der Waals surface area contributed by atoms with E-state index in [0.717, 1.165) is 4.47 Å². The zero-order valence-corrected chi connectivity index (χ0v) is 11.1. The summed E-state index contributed by atoms with van der Waals surface area (Å²) in [5.74, 6) is -0.370. The van der Waals surface area contributed by atoms with E-state index in [4.69, 9.17) is 5.26 Å². The number of hydrogen-bond donors (Lipinski definition) is 0. The second-order valence-electron chi connectivity index (χ2n) is 2.75. The van der Waals surface area contributed by atoms with E-state index < -0.39 is 0 Å². The van der Waals surface area contributed by atoms with Crippen LogP contribution in [0.5, 0.6) is 0 Å². The molecule has 0 saturated heterocycles. The van der Waals surface area contributed by atoms with Gasteiger partial charge in [-0.25, -0.2) is 0 Å². The second-order valence-corrected chi connectivity index (χ2v) is 4.46. The average molecular weight is 333 g/mol. The maximum atomic E-state index is 11.1. The standard InChI is InChI=1S/C10H7Br2NO2/c1-15-10(14)4-6-7(5-13)9(12)3-2-8(6)11/h2-3H,4H2,1H3. The minimum atomic E-state index is -0.370.